The van der Waals surface area contributed by atoms with Crippen LogP contribution in [0.5, 0.6) is 5.75 Å². The zero-order chi connectivity index (χ0) is 15.6. The van der Waals surface area contributed by atoms with E-state index in [2.05, 4.69) is 26.2 Å². The second kappa shape index (κ2) is 6.11. The minimum Gasteiger partial charge on any atom is -0.496 e. The number of pyridine rings is 1. The highest BCUT2D eigenvalue weighted by atomic mass is 79.9. The first-order chi connectivity index (χ1) is 9.79. The summed E-state index contributed by atoms with van der Waals surface area (Å²) in [5.41, 5.74) is -0.317. The third-order valence-corrected chi connectivity index (χ3v) is 3.36. The van der Waals surface area contributed by atoms with Gasteiger partial charge >= 0.3 is 6.18 Å². The van der Waals surface area contributed by atoms with Crippen LogP contribution in [0.2, 0.25) is 5.15 Å². The summed E-state index contributed by atoms with van der Waals surface area (Å²) in [5.74, 6) is 0.613. The van der Waals surface area contributed by atoms with Crippen LogP contribution in [0.15, 0.2) is 34.8 Å². The van der Waals surface area contributed by atoms with Crippen molar-refractivity contribution in [3.05, 3.63) is 45.5 Å². The fraction of sp³-hybridized carbons (Fsp3) is 0.154. The molecule has 3 nitrogen and oxygen atoms in total. The minimum absolute atomic E-state index is 0.00638. The van der Waals surface area contributed by atoms with Crippen molar-refractivity contribution in [1.82, 2.24) is 4.98 Å². The summed E-state index contributed by atoms with van der Waals surface area (Å²) >= 11 is 8.91. The van der Waals surface area contributed by atoms with Crippen LogP contribution in [0, 0.1) is 0 Å². The maximum Gasteiger partial charge on any atom is 0.416 e. The fourth-order valence-corrected chi connectivity index (χ4v) is 2.37. The topological polar surface area (TPSA) is 34.1 Å². The van der Waals surface area contributed by atoms with Gasteiger partial charge in [0.1, 0.15) is 16.7 Å². The summed E-state index contributed by atoms with van der Waals surface area (Å²) in [6, 6.07) is 6.65. The lowest BCUT2D eigenvalue weighted by molar-refractivity contribution is -0.137. The van der Waals surface area contributed by atoms with Crippen molar-refractivity contribution in [3.63, 3.8) is 0 Å². The van der Waals surface area contributed by atoms with Crippen LogP contribution >= 0.6 is 27.5 Å². The van der Waals surface area contributed by atoms with Gasteiger partial charge in [-0.1, -0.05) is 11.6 Å². The van der Waals surface area contributed by atoms with Gasteiger partial charge in [0, 0.05) is 5.69 Å². The first kappa shape index (κ1) is 15.9. The van der Waals surface area contributed by atoms with E-state index >= 15 is 0 Å². The summed E-state index contributed by atoms with van der Waals surface area (Å²) < 4.78 is 43.9. The molecule has 0 saturated heterocycles. The molecule has 21 heavy (non-hydrogen) atoms. The molecule has 0 fully saturated rings. The van der Waals surface area contributed by atoms with Crippen LogP contribution in [0.25, 0.3) is 0 Å². The van der Waals surface area contributed by atoms with Crippen LogP contribution in [-0.2, 0) is 6.18 Å². The van der Waals surface area contributed by atoms with Crippen molar-refractivity contribution in [1.29, 1.82) is 0 Å². The lowest BCUT2D eigenvalue weighted by Crippen LogP contribution is -2.06. The van der Waals surface area contributed by atoms with Gasteiger partial charge < -0.3 is 10.1 Å². The van der Waals surface area contributed by atoms with Gasteiger partial charge in [-0.3, -0.25) is 0 Å². The largest absolute Gasteiger partial charge is 0.496 e. The molecule has 2 aromatic rings. The van der Waals surface area contributed by atoms with Gasteiger partial charge in [0.05, 0.1) is 17.1 Å². The number of methoxy groups -OCH3 is 1. The standard InChI is InChI=1S/C13H9BrClF3N2O/c1-21-10-3-2-8(6-9(10)14)19-12-5-7(13(16,17)18)4-11(15)20-12/h2-6H,1H3,(H,19,20). The fourth-order valence-electron chi connectivity index (χ4n) is 1.62. The van der Waals surface area contributed by atoms with Gasteiger partial charge in [-0.05, 0) is 46.3 Å². The normalized spacial score (nSPS) is 11.3. The molecule has 8 heteroatoms. The molecule has 0 atom stereocenters. The van der Waals surface area contributed by atoms with E-state index in [9.17, 15) is 13.2 Å². The van der Waals surface area contributed by atoms with E-state index in [0.717, 1.165) is 12.1 Å². The van der Waals surface area contributed by atoms with Crippen LogP contribution in [0.4, 0.5) is 24.7 Å². The van der Waals surface area contributed by atoms with Crippen LogP contribution in [-0.4, -0.2) is 12.1 Å². The first-order valence-electron chi connectivity index (χ1n) is 5.65. The molecule has 0 aliphatic rings. The van der Waals surface area contributed by atoms with E-state index in [-0.39, 0.29) is 11.0 Å². The SMILES string of the molecule is COc1ccc(Nc2cc(C(F)(F)F)cc(Cl)n2)cc1Br. The quantitative estimate of drug-likeness (QED) is 0.736. The Bertz CT molecular complexity index is 664. The number of nitrogens with one attached hydrogen (secondary N) is 1. The van der Waals surface area contributed by atoms with E-state index in [1.54, 1.807) is 18.2 Å². The molecule has 2 rings (SSSR count). The smallest absolute Gasteiger partial charge is 0.416 e. The lowest BCUT2D eigenvalue weighted by atomic mass is 10.2. The Morgan fingerprint density at radius 2 is 1.95 bits per heavy atom. The Hall–Kier alpha value is -1.47. The average Bonchev–Trinajstić information content (AvgIpc) is 2.37. The molecule has 112 valence electrons. The number of ether oxygens (including phenoxy) is 1. The molecular weight excluding hydrogens is 373 g/mol. The lowest BCUT2D eigenvalue weighted by Gasteiger charge is -2.12. The molecule has 0 amide bonds. The van der Waals surface area contributed by atoms with Gasteiger partial charge in [-0.15, -0.1) is 0 Å². The average molecular weight is 382 g/mol. The Labute approximate surface area is 132 Å². The molecule has 0 unspecified atom stereocenters. The van der Waals surface area contributed by atoms with Gasteiger partial charge in [0.15, 0.2) is 0 Å². The van der Waals surface area contributed by atoms with Crippen LogP contribution in [0.3, 0.4) is 0 Å². The van der Waals surface area contributed by atoms with E-state index in [0.29, 0.717) is 15.9 Å². The number of benzene rings is 1. The van der Waals surface area contributed by atoms with Crippen molar-refractivity contribution >= 4 is 39.0 Å². The highest BCUT2D eigenvalue weighted by Crippen LogP contribution is 2.33. The Kier molecular flexibility index (Phi) is 4.63. The van der Waals surface area contributed by atoms with Crippen molar-refractivity contribution < 1.29 is 17.9 Å². The van der Waals surface area contributed by atoms with E-state index < -0.39 is 11.7 Å². The summed E-state index contributed by atoms with van der Waals surface area (Å²) in [6.45, 7) is 0. The number of hydrogen-bond donors (Lipinski definition) is 1. The van der Waals surface area contributed by atoms with Crippen LogP contribution < -0.4 is 10.1 Å². The molecule has 0 saturated carbocycles. The molecule has 1 aromatic carbocycles. The number of hydrogen-bond acceptors (Lipinski definition) is 3. The zero-order valence-electron chi connectivity index (χ0n) is 10.6. The second-order valence-electron chi connectivity index (χ2n) is 4.04. The molecule has 0 bridgehead atoms. The zero-order valence-corrected chi connectivity index (χ0v) is 13.0. The van der Waals surface area contributed by atoms with Crippen molar-refractivity contribution in [2.24, 2.45) is 0 Å². The second-order valence-corrected chi connectivity index (χ2v) is 5.28. The third-order valence-electron chi connectivity index (χ3n) is 2.55. The monoisotopic (exact) mass is 380 g/mol. The van der Waals surface area contributed by atoms with Crippen molar-refractivity contribution in [2.75, 3.05) is 12.4 Å². The predicted octanol–water partition coefficient (Wildman–Crippen LogP) is 5.27. The summed E-state index contributed by atoms with van der Waals surface area (Å²) in [6.07, 6.45) is -4.48. The number of anilines is 2. The number of alkyl halides is 3. The number of rotatable bonds is 3. The van der Waals surface area contributed by atoms with Gasteiger partial charge in [0.25, 0.3) is 0 Å². The maximum absolute atomic E-state index is 12.7. The van der Waals surface area contributed by atoms with Crippen molar-refractivity contribution in [2.45, 2.75) is 6.18 Å². The molecule has 0 aliphatic heterocycles. The van der Waals surface area contributed by atoms with Gasteiger partial charge in [0.2, 0.25) is 0 Å². The summed E-state index contributed by atoms with van der Waals surface area (Å²) in [4.78, 5) is 3.82. The highest BCUT2D eigenvalue weighted by Gasteiger charge is 2.31. The molecule has 1 N–H and O–H groups in total. The number of aromatic nitrogens is 1. The Morgan fingerprint density at radius 3 is 2.52 bits per heavy atom. The maximum atomic E-state index is 12.7. The Morgan fingerprint density at radius 1 is 1.24 bits per heavy atom. The Balaban J connectivity index is 2.31. The van der Waals surface area contributed by atoms with E-state index in [1.807, 2.05) is 0 Å². The van der Waals surface area contributed by atoms with Crippen LogP contribution in [0.1, 0.15) is 5.56 Å². The molecule has 0 spiro atoms. The predicted molar refractivity (Wildman–Crippen MR) is 78.2 cm³/mol. The summed E-state index contributed by atoms with van der Waals surface area (Å²) in [7, 11) is 1.52. The summed E-state index contributed by atoms with van der Waals surface area (Å²) in [5, 5.41) is 2.53. The molecular formula is C13H9BrClF3N2O. The number of halogens is 5. The number of nitrogens with zero attached hydrogens (tertiary/aromatic N) is 1. The first-order valence-corrected chi connectivity index (χ1v) is 6.82. The molecule has 1 heterocycles. The minimum atomic E-state index is -4.48. The third kappa shape index (κ3) is 4.01. The van der Waals surface area contributed by atoms with Crippen molar-refractivity contribution in [3.8, 4) is 5.75 Å². The highest BCUT2D eigenvalue weighted by molar-refractivity contribution is 9.10. The van der Waals surface area contributed by atoms with Gasteiger partial charge in [-0.25, -0.2) is 4.98 Å². The molecule has 1 aromatic heterocycles. The van der Waals surface area contributed by atoms with E-state index in [1.165, 1.54) is 7.11 Å². The van der Waals surface area contributed by atoms with E-state index in [4.69, 9.17) is 16.3 Å². The van der Waals surface area contributed by atoms with Gasteiger partial charge in [-0.2, -0.15) is 13.2 Å². The molecule has 0 radical (unpaired) electrons. The molecule has 0 aliphatic carbocycles.